The van der Waals surface area contributed by atoms with Gasteiger partial charge in [-0.15, -0.1) is 22.7 Å². The van der Waals surface area contributed by atoms with Gasteiger partial charge in [0.25, 0.3) is 0 Å². The predicted molar refractivity (Wildman–Crippen MR) is 90.0 cm³/mol. The Morgan fingerprint density at radius 2 is 2.10 bits per heavy atom. The molecule has 0 spiro atoms. The van der Waals surface area contributed by atoms with Crippen LogP contribution in [-0.4, -0.2) is 31.1 Å². The minimum Gasteiger partial charge on any atom is -0.465 e. The average Bonchev–Trinajstić information content (AvgIpc) is 3.11. The summed E-state index contributed by atoms with van der Waals surface area (Å²) in [5, 5.41) is 2.54. The van der Waals surface area contributed by atoms with Crippen molar-refractivity contribution >= 4 is 33.6 Å². The van der Waals surface area contributed by atoms with E-state index in [-0.39, 0.29) is 5.97 Å². The van der Waals surface area contributed by atoms with Crippen LogP contribution < -0.4 is 5.73 Å². The van der Waals surface area contributed by atoms with Gasteiger partial charge in [-0.3, -0.25) is 4.90 Å². The molecule has 0 unspecified atom stereocenters. The summed E-state index contributed by atoms with van der Waals surface area (Å²) in [6.45, 7) is 6.99. The molecule has 0 bridgehead atoms. The van der Waals surface area contributed by atoms with Gasteiger partial charge in [0, 0.05) is 21.9 Å². The quantitative estimate of drug-likeness (QED) is 0.823. The van der Waals surface area contributed by atoms with Crippen LogP contribution in [-0.2, 0) is 11.3 Å². The van der Waals surface area contributed by atoms with Gasteiger partial charge in [-0.1, -0.05) is 19.9 Å². The number of thiophene rings is 2. The number of methoxy groups -OCH3 is 1. The van der Waals surface area contributed by atoms with E-state index in [2.05, 4.69) is 18.7 Å². The highest BCUT2D eigenvalue weighted by Crippen LogP contribution is 2.41. The molecule has 0 saturated carbocycles. The van der Waals surface area contributed by atoms with Crippen LogP contribution in [0.15, 0.2) is 17.5 Å². The molecule has 0 aliphatic rings. The van der Waals surface area contributed by atoms with Gasteiger partial charge < -0.3 is 10.5 Å². The minimum absolute atomic E-state index is 0.363. The molecule has 2 heterocycles. The molecular weight excluding hydrogens is 304 g/mol. The van der Waals surface area contributed by atoms with Crippen molar-refractivity contribution in [1.82, 2.24) is 4.90 Å². The van der Waals surface area contributed by atoms with Gasteiger partial charge in [-0.05, 0) is 24.5 Å². The number of rotatable bonds is 6. The van der Waals surface area contributed by atoms with E-state index in [0.29, 0.717) is 10.6 Å². The first-order valence-electron chi connectivity index (χ1n) is 6.88. The second-order valence-corrected chi connectivity index (χ2v) is 6.65. The first-order valence-corrected chi connectivity index (χ1v) is 8.57. The van der Waals surface area contributed by atoms with Crippen LogP contribution in [0, 0.1) is 0 Å². The molecule has 2 aromatic rings. The van der Waals surface area contributed by atoms with Crippen LogP contribution in [0.4, 0.5) is 5.00 Å². The zero-order valence-electron chi connectivity index (χ0n) is 12.5. The molecule has 0 fully saturated rings. The SMILES string of the molecule is CCN(CC)Cc1sc(N)c(C(=O)OC)c1-c1cccs1. The van der Waals surface area contributed by atoms with Gasteiger partial charge in [0.05, 0.1) is 7.11 Å². The number of carbonyl (C=O) groups is 1. The summed E-state index contributed by atoms with van der Waals surface area (Å²) >= 11 is 3.10. The highest BCUT2D eigenvalue weighted by Gasteiger charge is 2.25. The molecule has 0 saturated heterocycles. The number of nitrogens with two attached hydrogens (primary N) is 1. The van der Waals surface area contributed by atoms with Gasteiger partial charge in [-0.2, -0.15) is 0 Å². The molecule has 6 heteroatoms. The zero-order valence-corrected chi connectivity index (χ0v) is 14.1. The molecule has 0 aliphatic heterocycles. The lowest BCUT2D eigenvalue weighted by Crippen LogP contribution is -2.21. The second-order valence-electron chi connectivity index (χ2n) is 4.57. The van der Waals surface area contributed by atoms with Crippen molar-refractivity contribution in [3.05, 3.63) is 28.0 Å². The highest BCUT2D eigenvalue weighted by molar-refractivity contribution is 7.18. The summed E-state index contributed by atoms with van der Waals surface area (Å²) in [6.07, 6.45) is 0. The zero-order chi connectivity index (χ0) is 15.4. The van der Waals surface area contributed by atoms with Gasteiger partial charge in [0.1, 0.15) is 10.6 Å². The van der Waals surface area contributed by atoms with E-state index in [1.165, 1.54) is 18.4 Å². The van der Waals surface area contributed by atoms with Crippen LogP contribution in [0.2, 0.25) is 0 Å². The minimum atomic E-state index is -0.363. The van der Waals surface area contributed by atoms with Gasteiger partial charge in [0.2, 0.25) is 0 Å². The summed E-state index contributed by atoms with van der Waals surface area (Å²) < 4.78 is 4.91. The standard InChI is InChI=1S/C15H20N2O2S2/c1-4-17(5-2)9-11-12(10-7-6-8-20-10)13(14(16)21-11)15(18)19-3/h6-8H,4-5,9,16H2,1-3H3. The molecule has 21 heavy (non-hydrogen) atoms. The molecule has 2 N–H and O–H groups in total. The maximum Gasteiger partial charge on any atom is 0.341 e. The van der Waals surface area contributed by atoms with Crippen LogP contribution >= 0.6 is 22.7 Å². The number of carbonyl (C=O) groups excluding carboxylic acids is 1. The van der Waals surface area contributed by atoms with Crippen molar-refractivity contribution in [2.45, 2.75) is 20.4 Å². The summed E-state index contributed by atoms with van der Waals surface area (Å²) in [5.74, 6) is -0.363. The van der Waals surface area contributed by atoms with Gasteiger partial charge in [-0.25, -0.2) is 4.79 Å². The third-order valence-corrected chi connectivity index (χ3v) is 5.32. The van der Waals surface area contributed by atoms with E-state index in [1.807, 2.05) is 17.5 Å². The van der Waals surface area contributed by atoms with E-state index >= 15 is 0 Å². The summed E-state index contributed by atoms with van der Waals surface area (Å²) in [6, 6.07) is 4.00. The summed E-state index contributed by atoms with van der Waals surface area (Å²) in [4.78, 5) is 16.6. The van der Waals surface area contributed by atoms with Crippen molar-refractivity contribution in [3.8, 4) is 10.4 Å². The highest BCUT2D eigenvalue weighted by atomic mass is 32.1. The molecule has 0 amide bonds. The Morgan fingerprint density at radius 1 is 1.38 bits per heavy atom. The van der Waals surface area contributed by atoms with Gasteiger partial charge >= 0.3 is 5.97 Å². The number of hydrogen-bond acceptors (Lipinski definition) is 6. The van der Waals surface area contributed by atoms with E-state index in [4.69, 9.17) is 10.5 Å². The van der Waals surface area contributed by atoms with E-state index in [9.17, 15) is 4.79 Å². The third-order valence-electron chi connectivity index (χ3n) is 3.43. The van der Waals surface area contributed by atoms with Crippen molar-refractivity contribution in [1.29, 1.82) is 0 Å². The average molecular weight is 324 g/mol. The Balaban J connectivity index is 2.52. The Labute approximate surface area is 133 Å². The van der Waals surface area contributed by atoms with Crippen LogP contribution in [0.25, 0.3) is 10.4 Å². The fourth-order valence-electron chi connectivity index (χ4n) is 2.25. The van der Waals surface area contributed by atoms with E-state index in [0.717, 1.165) is 35.0 Å². The smallest absolute Gasteiger partial charge is 0.341 e. The molecule has 2 rings (SSSR count). The van der Waals surface area contributed by atoms with Crippen LogP contribution in [0.3, 0.4) is 0 Å². The molecule has 0 atom stereocenters. The molecule has 0 aromatic carbocycles. The lowest BCUT2D eigenvalue weighted by molar-refractivity contribution is 0.0603. The number of hydrogen-bond donors (Lipinski definition) is 1. The largest absolute Gasteiger partial charge is 0.465 e. The van der Waals surface area contributed by atoms with Gasteiger partial charge in [0.15, 0.2) is 0 Å². The fraction of sp³-hybridized carbons (Fsp3) is 0.400. The lowest BCUT2D eigenvalue weighted by Gasteiger charge is -2.17. The predicted octanol–water partition coefficient (Wildman–Crippen LogP) is 3.69. The molecule has 4 nitrogen and oxygen atoms in total. The van der Waals surface area contributed by atoms with Crippen molar-refractivity contribution in [2.24, 2.45) is 0 Å². The van der Waals surface area contributed by atoms with E-state index in [1.54, 1.807) is 11.3 Å². The molecular formula is C15H20N2O2S2. The second kappa shape index (κ2) is 7.06. The Kier molecular flexibility index (Phi) is 5.39. The Morgan fingerprint density at radius 3 is 2.62 bits per heavy atom. The first-order chi connectivity index (χ1) is 10.1. The molecule has 114 valence electrons. The van der Waals surface area contributed by atoms with Crippen molar-refractivity contribution in [2.75, 3.05) is 25.9 Å². The van der Waals surface area contributed by atoms with Crippen molar-refractivity contribution < 1.29 is 9.53 Å². The maximum atomic E-state index is 12.1. The van der Waals surface area contributed by atoms with Crippen molar-refractivity contribution in [3.63, 3.8) is 0 Å². The maximum absolute atomic E-state index is 12.1. The summed E-state index contributed by atoms with van der Waals surface area (Å²) in [5.41, 5.74) is 7.53. The number of ether oxygens (including phenoxy) is 1. The topological polar surface area (TPSA) is 55.6 Å². The normalized spacial score (nSPS) is 11.0. The number of nitrogen functional groups attached to an aromatic ring is 1. The monoisotopic (exact) mass is 324 g/mol. The first kappa shape index (κ1) is 16.0. The molecule has 0 aliphatic carbocycles. The lowest BCUT2D eigenvalue weighted by atomic mass is 10.1. The number of esters is 1. The third kappa shape index (κ3) is 3.28. The number of nitrogens with zero attached hydrogens (tertiary/aromatic N) is 1. The Bertz CT molecular complexity index is 601. The number of anilines is 1. The van der Waals surface area contributed by atoms with Crippen LogP contribution in [0.1, 0.15) is 29.1 Å². The van der Waals surface area contributed by atoms with Crippen LogP contribution in [0.5, 0.6) is 0 Å². The molecule has 2 aromatic heterocycles. The fourth-order valence-corrected chi connectivity index (χ4v) is 4.23. The molecule has 0 radical (unpaired) electrons. The summed E-state index contributed by atoms with van der Waals surface area (Å²) in [7, 11) is 1.39. The Hall–Kier alpha value is -1.37. The van der Waals surface area contributed by atoms with E-state index < -0.39 is 0 Å².